The van der Waals surface area contributed by atoms with Crippen molar-refractivity contribution in [3.8, 4) is 5.75 Å². The second kappa shape index (κ2) is 9.67. The first kappa shape index (κ1) is 20.9. The molecule has 31 heavy (non-hydrogen) atoms. The molecule has 1 N–H and O–H groups in total. The fraction of sp³-hybridized carbons (Fsp3) is 0.269. The van der Waals surface area contributed by atoms with Crippen LogP contribution in [0.25, 0.3) is 0 Å². The minimum absolute atomic E-state index is 0.138. The van der Waals surface area contributed by atoms with E-state index in [2.05, 4.69) is 34.3 Å². The van der Waals surface area contributed by atoms with Gasteiger partial charge in [-0.05, 0) is 61.5 Å². The molecule has 1 aliphatic rings. The molecule has 0 saturated carbocycles. The van der Waals surface area contributed by atoms with Crippen LogP contribution in [-0.4, -0.2) is 44.0 Å². The lowest BCUT2D eigenvalue weighted by molar-refractivity contribution is 0.102. The van der Waals surface area contributed by atoms with E-state index in [4.69, 9.17) is 4.74 Å². The molecule has 0 radical (unpaired) electrons. The van der Waals surface area contributed by atoms with Crippen LogP contribution in [0.3, 0.4) is 0 Å². The van der Waals surface area contributed by atoms with Crippen molar-refractivity contribution in [2.24, 2.45) is 0 Å². The van der Waals surface area contributed by atoms with Crippen LogP contribution in [0.1, 0.15) is 21.5 Å². The van der Waals surface area contributed by atoms with Gasteiger partial charge in [0.25, 0.3) is 5.91 Å². The Labute approximate surface area is 184 Å². The molecule has 1 fully saturated rings. The molecule has 5 heteroatoms. The number of piperazine rings is 1. The van der Waals surface area contributed by atoms with E-state index >= 15 is 0 Å². The predicted molar refractivity (Wildman–Crippen MR) is 126 cm³/mol. The van der Waals surface area contributed by atoms with Crippen molar-refractivity contribution in [1.82, 2.24) is 4.90 Å². The summed E-state index contributed by atoms with van der Waals surface area (Å²) in [5.41, 5.74) is 4.76. The highest BCUT2D eigenvalue weighted by Gasteiger charge is 2.15. The summed E-state index contributed by atoms with van der Waals surface area (Å²) in [5, 5.41) is 3.04. The van der Waals surface area contributed by atoms with Gasteiger partial charge in [0.1, 0.15) is 12.4 Å². The van der Waals surface area contributed by atoms with Crippen molar-refractivity contribution < 1.29 is 9.53 Å². The number of benzene rings is 3. The Morgan fingerprint density at radius 1 is 0.935 bits per heavy atom. The SMILES string of the molecule is Cc1cc(N2CCN(C)CC2)ccc1NC(=O)c1cccc(OCc2ccccc2)c1. The topological polar surface area (TPSA) is 44.8 Å². The Bertz CT molecular complexity index is 1030. The normalized spacial score (nSPS) is 14.3. The molecule has 0 unspecified atom stereocenters. The highest BCUT2D eigenvalue weighted by atomic mass is 16.5. The summed E-state index contributed by atoms with van der Waals surface area (Å²) in [6.07, 6.45) is 0. The lowest BCUT2D eigenvalue weighted by Crippen LogP contribution is -2.44. The molecule has 1 amide bonds. The molecule has 0 atom stereocenters. The van der Waals surface area contributed by atoms with Crippen LogP contribution in [-0.2, 0) is 6.61 Å². The Balaban J connectivity index is 1.40. The first-order valence-corrected chi connectivity index (χ1v) is 10.7. The smallest absolute Gasteiger partial charge is 0.255 e. The average Bonchev–Trinajstić information content (AvgIpc) is 2.80. The largest absolute Gasteiger partial charge is 0.489 e. The fourth-order valence-electron chi connectivity index (χ4n) is 3.71. The van der Waals surface area contributed by atoms with Gasteiger partial charge in [0.2, 0.25) is 0 Å². The monoisotopic (exact) mass is 415 g/mol. The molecule has 3 aromatic rings. The van der Waals surface area contributed by atoms with Crippen LogP contribution in [0.2, 0.25) is 0 Å². The van der Waals surface area contributed by atoms with Crippen LogP contribution < -0.4 is 15.0 Å². The molecule has 160 valence electrons. The number of nitrogens with one attached hydrogen (secondary N) is 1. The van der Waals surface area contributed by atoms with E-state index in [9.17, 15) is 4.79 Å². The van der Waals surface area contributed by atoms with E-state index in [1.807, 2.05) is 55.5 Å². The number of likely N-dealkylation sites (N-methyl/N-ethyl adjacent to an activating group) is 1. The summed E-state index contributed by atoms with van der Waals surface area (Å²) in [6, 6.07) is 23.5. The molecule has 3 aromatic carbocycles. The number of hydrogen-bond donors (Lipinski definition) is 1. The highest BCUT2D eigenvalue weighted by molar-refractivity contribution is 6.05. The summed E-state index contributed by atoms with van der Waals surface area (Å²) in [4.78, 5) is 17.6. The number of carbonyl (C=O) groups is 1. The van der Waals surface area contributed by atoms with Gasteiger partial charge < -0.3 is 19.9 Å². The van der Waals surface area contributed by atoms with Crippen LogP contribution in [0.5, 0.6) is 5.75 Å². The number of amides is 1. The van der Waals surface area contributed by atoms with Gasteiger partial charge in [0.15, 0.2) is 0 Å². The molecule has 0 spiro atoms. The zero-order valence-electron chi connectivity index (χ0n) is 18.2. The Morgan fingerprint density at radius 2 is 1.71 bits per heavy atom. The number of anilines is 2. The molecule has 0 bridgehead atoms. The minimum Gasteiger partial charge on any atom is -0.489 e. The maximum absolute atomic E-state index is 12.8. The molecule has 1 heterocycles. The fourth-order valence-corrected chi connectivity index (χ4v) is 3.71. The number of ether oxygens (including phenoxy) is 1. The molecule has 1 saturated heterocycles. The number of rotatable bonds is 6. The summed E-state index contributed by atoms with van der Waals surface area (Å²) in [7, 11) is 2.16. The summed E-state index contributed by atoms with van der Waals surface area (Å²) in [6.45, 7) is 6.70. The molecular weight excluding hydrogens is 386 g/mol. The Hall–Kier alpha value is -3.31. The van der Waals surface area contributed by atoms with Gasteiger partial charge in [-0.3, -0.25) is 4.79 Å². The molecule has 1 aliphatic heterocycles. The maximum atomic E-state index is 12.8. The van der Waals surface area contributed by atoms with Crippen molar-refractivity contribution in [2.75, 3.05) is 43.4 Å². The minimum atomic E-state index is -0.138. The standard InChI is InChI=1S/C26H29N3O2/c1-20-17-23(29-15-13-28(2)14-16-29)11-12-25(20)27-26(30)22-9-6-10-24(18-22)31-19-21-7-4-3-5-8-21/h3-12,17-18H,13-16,19H2,1-2H3,(H,27,30). The molecular formula is C26H29N3O2. The number of aryl methyl sites for hydroxylation is 1. The Kier molecular flexibility index (Phi) is 6.53. The van der Waals surface area contributed by atoms with E-state index in [0.717, 1.165) is 43.0 Å². The number of nitrogens with zero attached hydrogens (tertiary/aromatic N) is 2. The van der Waals surface area contributed by atoms with Gasteiger partial charge in [0.05, 0.1) is 0 Å². The van der Waals surface area contributed by atoms with E-state index in [1.54, 1.807) is 12.1 Å². The van der Waals surface area contributed by atoms with Gasteiger partial charge in [-0.2, -0.15) is 0 Å². The molecule has 4 rings (SSSR count). The summed E-state index contributed by atoms with van der Waals surface area (Å²) >= 11 is 0. The predicted octanol–water partition coefficient (Wildman–Crippen LogP) is 4.58. The van der Waals surface area contributed by atoms with Gasteiger partial charge >= 0.3 is 0 Å². The van der Waals surface area contributed by atoms with Gasteiger partial charge in [0, 0.05) is 43.1 Å². The van der Waals surface area contributed by atoms with Crippen LogP contribution in [0.4, 0.5) is 11.4 Å². The Morgan fingerprint density at radius 3 is 2.45 bits per heavy atom. The maximum Gasteiger partial charge on any atom is 0.255 e. The third-order valence-corrected chi connectivity index (χ3v) is 5.67. The first-order chi connectivity index (χ1) is 15.1. The van der Waals surface area contributed by atoms with Crippen molar-refractivity contribution in [3.63, 3.8) is 0 Å². The van der Waals surface area contributed by atoms with Crippen molar-refractivity contribution >= 4 is 17.3 Å². The van der Waals surface area contributed by atoms with E-state index in [1.165, 1.54) is 5.69 Å². The first-order valence-electron chi connectivity index (χ1n) is 10.7. The van der Waals surface area contributed by atoms with E-state index in [0.29, 0.717) is 17.9 Å². The number of hydrogen-bond acceptors (Lipinski definition) is 4. The zero-order valence-corrected chi connectivity index (χ0v) is 18.2. The van der Waals surface area contributed by atoms with Crippen molar-refractivity contribution in [1.29, 1.82) is 0 Å². The third-order valence-electron chi connectivity index (χ3n) is 5.67. The molecule has 5 nitrogen and oxygen atoms in total. The molecule has 0 aromatic heterocycles. The quantitative estimate of drug-likeness (QED) is 0.640. The van der Waals surface area contributed by atoms with Gasteiger partial charge in [-0.1, -0.05) is 36.4 Å². The lowest BCUT2D eigenvalue weighted by atomic mass is 10.1. The zero-order chi connectivity index (χ0) is 21.6. The van der Waals surface area contributed by atoms with Gasteiger partial charge in [-0.15, -0.1) is 0 Å². The highest BCUT2D eigenvalue weighted by Crippen LogP contribution is 2.24. The lowest BCUT2D eigenvalue weighted by Gasteiger charge is -2.34. The average molecular weight is 416 g/mol. The van der Waals surface area contributed by atoms with E-state index < -0.39 is 0 Å². The van der Waals surface area contributed by atoms with Crippen LogP contribution in [0, 0.1) is 6.92 Å². The van der Waals surface area contributed by atoms with Crippen LogP contribution >= 0.6 is 0 Å². The summed E-state index contributed by atoms with van der Waals surface area (Å²) in [5.74, 6) is 0.541. The third kappa shape index (κ3) is 5.44. The van der Waals surface area contributed by atoms with Crippen molar-refractivity contribution in [3.05, 3.63) is 89.5 Å². The summed E-state index contributed by atoms with van der Waals surface area (Å²) < 4.78 is 5.86. The number of carbonyl (C=O) groups excluding carboxylic acids is 1. The van der Waals surface area contributed by atoms with Crippen molar-refractivity contribution in [2.45, 2.75) is 13.5 Å². The van der Waals surface area contributed by atoms with Crippen LogP contribution in [0.15, 0.2) is 72.8 Å². The molecule has 0 aliphatic carbocycles. The van der Waals surface area contributed by atoms with E-state index in [-0.39, 0.29) is 5.91 Å². The second-order valence-corrected chi connectivity index (χ2v) is 8.05. The van der Waals surface area contributed by atoms with Gasteiger partial charge in [-0.25, -0.2) is 0 Å². The second-order valence-electron chi connectivity index (χ2n) is 8.05.